The second kappa shape index (κ2) is 9.93. The van der Waals surface area contributed by atoms with Crippen LogP contribution in [-0.2, 0) is 30.7 Å². The van der Waals surface area contributed by atoms with Crippen molar-refractivity contribution < 1.29 is 14.3 Å². The van der Waals surface area contributed by atoms with E-state index in [1.807, 2.05) is 41.3 Å². The van der Waals surface area contributed by atoms with Gasteiger partial charge in [-0.25, -0.2) is 4.98 Å². The molecule has 0 saturated carbocycles. The molecule has 5 rings (SSSR count). The zero-order valence-electron chi connectivity index (χ0n) is 19.0. The molecule has 1 aliphatic carbocycles. The molecule has 1 aromatic heterocycles. The van der Waals surface area contributed by atoms with Crippen LogP contribution in [0.5, 0.6) is 11.5 Å². The Morgan fingerprint density at radius 1 is 1.00 bits per heavy atom. The SMILES string of the molecule is CCN(CC(=O)N(Cc1ccccc1)c1nc2c(s1)CCCC2)Cc1ccc2c(c1)OCO2. The van der Waals surface area contributed by atoms with Gasteiger partial charge in [-0.1, -0.05) is 43.3 Å². The van der Waals surface area contributed by atoms with Crippen molar-refractivity contribution in [2.75, 3.05) is 24.8 Å². The van der Waals surface area contributed by atoms with Crippen molar-refractivity contribution in [1.82, 2.24) is 9.88 Å². The van der Waals surface area contributed by atoms with Gasteiger partial charge in [0.25, 0.3) is 0 Å². The molecule has 0 fully saturated rings. The topological polar surface area (TPSA) is 54.9 Å². The summed E-state index contributed by atoms with van der Waals surface area (Å²) >= 11 is 1.69. The predicted molar refractivity (Wildman–Crippen MR) is 130 cm³/mol. The van der Waals surface area contributed by atoms with Gasteiger partial charge in [0, 0.05) is 11.4 Å². The number of aromatic nitrogens is 1. The first-order chi connectivity index (χ1) is 16.2. The molecule has 0 atom stereocenters. The molecule has 3 aromatic rings. The zero-order valence-corrected chi connectivity index (χ0v) is 19.8. The highest BCUT2D eigenvalue weighted by atomic mass is 32.1. The highest BCUT2D eigenvalue weighted by Gasteiger charge is 2.25. The number of hydrogen-bond donors (Lipinski definition) is 0. The number of benzene rings is 2. The number of thiazole rings is 1. The van der Waals surface area contributed by atoms with E-state index < -0.39 is 0 Å². The molecule has 172 valence electrons. The number of carbonyl (C=O) groups excluding carboxylic acids is 1. The number of hydrogen-bond acceptors (Lipinski definition) is 6. The summed E-state index contributed by atoms with van der Waals surface area (Å²) in [5.41, 5.74) is 3.39. The lowest BCUT2D eigenvalue weighted by Gasteiger charge is -2.25. The number of anilines is 1. The average molecular weight is 464 g/mol. The molecule has 0 N–H and O–H groups in total. The minimum absolute atomic E-state index is 0.0764. The van der Waals surface area contributed by atoms with Crippen molar-refractivity contribution in [2.45, 2.75) is 45.7 Å². The van der Waals surface area contributed by atoms with Crippen molar-refractivity contribution >= 4 is 22.4 Å². The number of aryl methyl sites for hydroxylation is 2. The van der Waals surface area contributed by atoms with E-state index in [0.29, 0.717) is 19.6 Å². The Labute approximate surface area is 198 Å². The van der Waals surface area contributed by atoms with Crippen molar-refractivity contribution in [3.8, 4) is 11.5 Å². The van der Waals surface area contributed by atoms with Crippen LogP contribution >= 0.6 is 11.3 Å². The van der Waals surface area contributed by atoms with Crippen LogP contribution < -0.4 is 14.4 Å². The van der Waals surface area contributed by atoms with Gasteiger partial charge in [-0.05, 0) is 55.5 Å². The molecule has 0 unspecified atom stereocenters. The zero-order chi connectivity index (χ0) is 22.6. The van der Waals surface area contributed by atoms with Crippen molar-refractivity contribution in [3.05, 3.63) is 70.2 Å². The van der Waals surface area contributed by atoms with E-state index in [-0.39, 0.29) is 12.7 Å². The third-order valence-corrected chi connectivity index (χ3v) is 7.38. The summed E-state index contributed by atoms with van der Waals surface area (Å²) in [6.07, 6.45) is 4.48. The van der Waals surface area contributed by atoms with Crippen molar-refractivity contribution in [2.24, 2.45) is 0 Å². The molecule has 33 heavy (non-hydrogen) atoms. The van der Waals surface area contributed by atoms with Crippen LogP contribution in [0.3, 0.4) is 0 Å². The Balaban J connectivity index is 1.34. The molecule has 7 heteroatoms. The minimum Gasteiger partial charge on any atom is -0.454 e. The molecule has 6 nitrogen and oxygen atoms in total. The summed E-state index contributed by atoms with van der Waals surface area (Å²) < 4.78 is 10.9. The van der Waals surface area contributed by atoms with E-state index in [0.717, 1.165) is 47.1 Å². The Hall–Kier alpha value is -2.90. The summed E-state index contributed by atoms with van der Waals surface area (Å²) in [5.74, 6) is 1.63. The van der Waals surface area contributed by atoms with Crippen LogP contribution in [0.2, 0.25) is 0 Å². The monoisotopic (exact) mass is 463 g/mol. The summed E-state index contributed by atoms with van der Waals surface area (Å²) in [7, 11) is 0. The van der Waals surface area contributed by atoms with E-state index >= 15 is 0 Å². The van der Waals surface area contributed by atoms with Gasteiger partial charge in [-0.15, -0.1) is 11.3 Å². The molecule has 0 radical (unpaired) electrons. The fourth-order valence-corrected chi connectivity index (χ4v) is 5.50. The standard InChI is InChI=1S/C26H29N3O3S/c1-2-28(15-20-12-13-22-23(14-20)32-18-31-22)17-25(30)29(16-19-8-4-3-5-9-19)26-27-21-10-6-7-11-24(21)33-26/h3-5,8-9,12-14H,2,6-7,10-11,15-18H2,1H3. The first-order valence-electron chi connectivity index (χ1n) is 11.6. The van der Waals surface area contributed by atoms with Crippen LogP contribution in [0.15, 0.2) is 48.5 Å². The van der Waals surface area contributed by atoms with Gasteiger partial charge in [0.05, 0.1) is 18.8 Å². The number of amides is 1. The molecule has 0 saturated heterocycles. The lowest BCUT2D eigenvalue weighted by Crippen LogP contribution is -2.40. The Morgan fingerprint density at radius 2 is 1.82 bits per heavy atom. The van der Waals surface area contributed by atoms with Crippen LogP contribution in [-0.4, -0.2) is 35.7 Å². The third-order valence-electron chi connectivity index (χ3n) is 6.20. The number of ether oxygens (including phenoxy) is 2. The first-order valence-corrected chi connectivity index (χ1v) is 12.4. The van der Waals surface area contributed by atoms with Crippen LogP contribution in [0, 0.1) is 0 Å². The normalized spacial score (nSPS) is 14.4. The minimum atomic E-state index is 0.0764. The third kappa shape index (κ3) is 5.04. The second-order valence-electron chi connectivity index (χ2n) is 8.53. The van der Waals surface area contributed by atoms with Crippen LogP contribution in [0.1, 0.15) is 41.5 Å². The first kappa shape index (κ1) is 21.9. The summed E-state index contributed by atoms with van der Waals surface area (Å²) in [4.78, 5) is 23.9. The number of likely N-dealkylation sites (N-methyl/N-ethyl adjacent to an activating group) is 1. The summed E-state index contributed by atoms with van der Waals surface area (Å²) in [6.45, 7) is 4.67. The molecule has 1 aliphatic heterocycles. The number of nitrogens with zero attached hydrogens (tertiary/aromatic N) is 3. The molecule has 0 bridgehead atoms. The van der Waals surface area contributed by atoms with Gasteiger partial charge < -0.3 is 9.47 Å². The van der Waals surface area contributed by atoms with Gasteiger partial charge in [0.1, 0.15) is 0 Å². The van der Waals surface area contributed by atoms with Gasteiger partial charge in [0.2, 0.25) is 12.7 Å². The molecule has 2 heterocycles. The molecular formula is C26H29N3O3S. The Morgan fingerprint density at radius 3 is 2.64 bits per heavy atom. The van der Waals surface area contributed by atoms with Gasteiger partial charge >= 0.3 is 0 Å². The summed E-state index contributed by atoms with van der Waals surface area (Å²) in [5, 5.41) is 0.829. The van der Waals surface area contributed by atoms with Crippen molar-refractivity contribution in [1.29, 1.82) is 0 Å². The summed E-state index contributed by atoms with van der Waals surface area (Å²) in [6, 6.07) is 16.2. The highest BCUT2D eigenvalue weighted by Crippen LogP contribution is 2.34. The quantitative estimate of drug-likeness (QED) is 0.480. The second-order valence-corrected chi connectivity index (χ2v) is 9.59. The lowest BCUT2D eigenvalue weighted by atomic mass is 10.0. The number of rotatable bonds is 8. The van der Waals surface area contributed by atoms with Crippen LogP contribution in [0.4, 0.5) is 5.13 Å². The van der Waals surface area contributed by atoms with E-state index in [2.05, 4.69) is 24.0 Å². The molecular weight excluding hydrogens is 434 g/mol. The van der Waals surface area contributed by atoms with Crippen molar-refractivity contribution in [3.63, 3.8) is 0 Å². The van der Waals surface area contributed by atoms with Gasteiger partial charge in [0.15, 0.2) is 16.6 Å². The lowest BCUT2D eigenvalue weighted by molar-refractivity contribution is -0.120. The molecule has 2 aliphatic rings. The maximum Gasteiger partial charge on any atom is 0.243 e. The molecule has 1 amide bonds. The maximum atomic E-state index is 13.6. The van der Waals surface area contributed by atoms with E-state index in [9.17, 15) is 4.79 Å². The Kier molecular flexibility index (Phi) is 6.60. The molecule has 2 aromatic carbocycles. The molecule has 0 spiro atoms. The van der Waals surface area contributed by atoms with Gasteiger partial charge in [-0.2, -0.15) is 0 Å². The average Bonchev–Trinajstić information content (AvgIpc) is 3.49. The highest BCUT2D eigenvalue weighted by molar-refractivity contribution is 7.15. The predicted octanol–water partition coefficient (Wildman–Crippen LogP) is 4.81. The van der Waals surface area contributed by atoms with E-state index in [4.69, 9.17) is 14.5 Å². The van der Waals surface area contributed by atoms with Gasteiger partial charge in [-0.3, -0.25) is 14.6 Å². The Bertz CT molecular complexity index is 1090. The maximum absolute atomic E-state index is 13.6. The fourth-order valence-electron chi connectivity index (χ4n) is 4.34. The fraction of sp³-hybridized carbons (Fsp3) is 0.385. The van der Waals surface area contributed by atoms with E-state index in [1.54, 1.807) is 11.3 Å². The number of carbonyl (C=O) groups is 1. The smallest absolute Gasteiger partial charge is 0.243 e. The largest absolute Gasteiger partial charge is 0.454 e. The number of fused-ring (bicyclic) bond motifs is 2. The van der Waals surface area contributed by atoms with Crippen LogP contribution in [0.25, 0.3) is 0 Å². The van der Waals surface area contributed by atoms with E-state index in [1.165, 1.54) is 23.4 Å².